The molecule has 0 unspecified atom stereocenters. The van der Waals surface area contributed by atoms with Gasteiger partial charge in [-0.25, -0.2) is 4.79 Å². The van der Waals surface area contributed by atoms with Crippen molar-refractivity contribution in [2.75, 3.05) is 6.61 Å². The highest BCUT2D eigenvalue weighted by Crippen LogP contribution is 2.21. The number of carbonyl (C=O) groups is 2. The van der Waals surface area contributed by atoms with Crippen molar-refractivity contribution in [1.29, 1.82) is 5.26 Å². The van der Waals surface area contributed by atoms with E-state index in [0.717, 1.165) is 12.1 Å². The standard InChI is InChI=1S/C11H9NO4/c1-2-16-11(15)9-4-10(14)7(5-12)3-8(9)6-13/h3-4,6,14H,2H2,1H3. The Morgan fingerprint density at radius 1 is 1.62 bits per heavy atom. The summed E-state index contributed by atoms with van der Waals surface area (Å²) >= 11 is 0. The average molecular weight is 219 g/mol. The molecule has 0 spiro atoms. The van der Waals surface area contributed by atoms with Crippen molar-refractivity contribution in [3.8, 4) is 11.8 Å². The summed E-state index contributed by atoms with van der Waals surface area (Å²) in [7, 11) is 0. The van der Waals surface area contributed by atoms with E-state index in [-0.39, 0.29) is 29.0 Å². The molecular formula is C11H9NO4. The summed E-state index contributed by atoms with van der Waals surface area (Å²) in [6.07, 6.45) is 0.437. The normalized spacial score (nSPS) is 9.25. The Labute approximate surface area is 91.9 Å². The van der Waals surface area contributed by atoms with Gasteiger partial charge >= 0.3 is 5.97 Å². The summed E-state index contributed by atoms with van der Waals surface area (Å²) in [5, 5.41) is 18.0. The van der Waals surface area contributed by atoms with Crippen LogP contribution in [-0.4, -0.2) is 24.0 Å². The molecule has 0 saturated carbocycles. The fourth-order valence-electron chi connectivity index (χ4n) is 1.18. The molecule has 0 fully saturated rings. The zero-order valence-corrected chi connectivity index (χ0v) is 8.56. The molecule has 0 aliphatic heterocycles. The Hall–Kier alpha value is -2.35. The van der Waals surface area contributed by atoms with E-state index in [0.29, 0.717) is 6.29 Å². The van der Waals surface area contributed by atoms with Crippen molar-refractivity contribution >= 4 is 12.3 Å². The van der Waals surface area contributed by atoms with Crippen LogP contribution in [0.15, 0.2) is 12.1 Å². The molecule has 0 heterocycles. The zero-order valence-electron chi connectivity index (χ0n) is 8.56. The van der Waals surface area contributed by atoms with Crippen LogP contribution in [0.1, 0.15) is 33.2 Å². The van der Waals surface area contributed by atoms with E-state index >= 15 is 0 Å². The molecule has 1 aromatic rings. The average Bonchev–Trinajstić information content (AvgIpc) is 2.29. The first-order valence-corrected chi connectivity index (χ1v) is 4.53. The van der Waals surface area contributed by atoms with Crippen LogP contribution in [-0.2, 0) is 4.74 Å². The van der Waals surface area contributed by atoms with Gasteiger partial charge in [-0.3, -0.25) is 4.79 Å². The molecular weight excluding hydrogens is 210 g/mol. The maximum atomic E-state index is 11.4. The lowest BCUT2D eigenvalue weighted by molar-refractivity contribution is 0.0523. The number of carbonyl (C=O) groups excluding carboxylic acids is 2. The minimum Gasteiger partial charge on any atom is -0.507 e. The van der Waals surface area contributed by atoms with E-state index in [2.05, 4.69) is 0 Å². The van der Waals surface area contributed by atoms with Gasteiger partial charge in [0.05, 0.1) is 17.7 Å². The molecule has 16 heavy (non-hydrogen) atoms. The van der Waals surface area contributed by atoms with Gasteiger partial charge in [0, 0.05) is 5.56 Å². The number of esters is 1. The summed E-state index contributed by atoms with van der Waals surface area (Å²) in [4.78, 5) is 22.1. The van der Waals surface area contributed by atoms with Gasteiger partial charge in [0.1, 0.15) is 11.8 Å². The maximum Gasteiger partial charge on any atom is 0.338 e. The Kier molecular flexibility index (Phi) is 3.62. The molecule has 1 rings (SSSR count). The Balaban J connectivity index is 3.29. The molecule has 0 aliphatic carbocycles. The zero-order chi connectivity index (χ0) is 12.1. The molecule has 0 aromatic heterocycles. The lowest BCUT2D eigenvalue weighted by Gasteiger charge is -2.05. The van der Waals surface area contributed by atoms with Crippen LogP contribution in [0.4, 0.5) is 0 Å². The summed E-state index contributed by atoms with van der Waals surface area (Å²) in [6.45, 7) is 1.79. The van der Waals surface area contributed by atoms with Crippen molar-refractivity contribution in [2.45, 2.75) is 6.92 Å². The summed E-state index contributed by atoms with van der Waals surface area (Å²) in [5.74, 6) is -1.06. The molecule has 5 nitrogen and oxygen atoms in total. The fraction of sp³-hybridized carbons (Fsp3) is 0.182. The van der Waals surface area contributed by atoms with Crippen molar-refractivity contribution in [3.05, 3.63) is 28.8 Å². The number of phenols is 1. The highest BCUT2D eigenvalue weighted by molar-refractivity contribution is 5.99. The number of ether oxygens (including phenoxy) is 1. The van der Waals surface area contributed by atoms with Gasteiger partial charge in [-0.15, -0.1) is 0 Å². The Morgan fingerprint density at radius 3 is 2.81 bits per heavy atom. The summed E-state index contributed by atoms with van der Waals surface area (Å²) in [5.41, 5.74) is -0.0868. The first-order valence-electron chi connectivity index (χ1n) is 4.53. The van der Waals surface area contributed by atoms with E-state index in [1.807, 2.05) is 0 Å². The largest absolute Gasteiger partial charge is 0.507 e. The quantitative estimate of drug-likeness (QED) is 0.610. The lowest BCUT2D eigenvalue weighted by Crippen LogP contribution is -2.08. The first kappa shape index (κ1) is 11.7. The van der Waals surface area contributed by atoms with Crippen LogP contribution in [0.5, 0.6) is 5.75 Å². The minimum atomic E-state index is -0.704. The monoisotopic (exact) mass is 219 g/mol. The molecule has 1 aromatic carbocycles. The molecule has 1 N–H and O–H groups in total. The smallest absolute Gasteiger partial charge is 0.338 e. The van der Waals surface area contributed by atoms with Crippen molar-refractivity contribution in [2.24, 2.45) is 0 Å². The molecule has 0 atom stereocenters. The molecule has 82 valence electrons. The van der Waals surface area contributed by atoms with Gasteiger partial charge in [0.25, 0.3) is 0 Å². The van der Waals surface area contributed by atoms with E-state index < -0.39 is 5.97 Å². The predicted molar refractivity (Wildman–Crippen MR) is 54.2 cm³/mol. The van der Waals surface area contributed by atoms with E-state index in [1.54, 1.807) is 13.0 Å². The van der Waals surface area contributed by atoms with Gasteiger partial charge in [0.15, 0.2) is 6.29 Å². The Bertz CT molecular complexity index is 474. The lowest BCUT2D eigenvalue weighted by atomic mass is 10.0. The maximum absolute atomic E-state index is 11.4. The van der Waals surface area contributed by atoms with Gasteiger partial charge in [0.2, 0.25) is 0 Å². The van der Waals surface area contributed by atoms with Gasteiger partial charge in [-0.2, -0.15) is 5.26 Å². The van der Waals surface area contributed by atoms with Crippen LogP contribution in [0.2, 0.25) is 0 Å². The van der Waals surface area contributed by atoms with Gasteiger partial charge in [-0.05, 0) is 19.1 Å². The third-order valence-corrected chi connectivity index (χ3v) is 1.91. The van der Waals surface area contributed by atoms with Gasteiger partial charge < -0.3 is 9.84 Å². The molecule has 0 bridgehead atoms. The second kappa shape index (κ2) is 4.94. The number of aldehydes is 1. The van der Waals surface area contributed by atoms with Crippen LogP contribution >= 0.6 is 0 Å². The third kappa shape index (κ3) is 2.17. The van der Waals surface area contributed by atoms with Crippen LogP contribution < -0.4 is 0 Å². The SMILES string of the molecule is CCOC(=O)c1cc(O)c(C#N)cc1C=O. The number of nitrogens with zero attached hydrogens (tertiary/aromatic N) is 1. The first-order chi connectivity index (χ1) is 7.63. The molecule has 0 saturated heterocycles. The third-order valence-electron chi connectivity index (χ3n) is 1.91. The van der Waals surface area contributed by atoms with E-state index in [9.17, 15) is 14.7 Å². The van der Waals surface area contributed by atoms with E-state index in [4.69, 9.17) is 10.00 Å². The summed E-state index contributed by atoms with van der Waals surface area (Å²) < 4.78 is 4.71. The number of phenolic OH excluding ortho intramolecular Hbond substituents is 1. The second-order valence-corrected chi connectivity index (χ2v) is 2.91. The number of benzene rings is 1. The van der Waals surface area contributed by atoms with Crippen LogP contribution in [0, 0.1) is 11.3 Å². The Morgan fingerprint density at radius 2 is 2.31 bits per heavy atom. The fourth-order valence-corrected chi connectivity index (χ4v) is 1.18. The number of rotatable bonds is 3. The van der Waals surface area contributed by atoms with E-state index in [1.165, 1.54) is 0 Å². The van der Waals surface area contributed by atoms with Gasteiger partial charge in [-0.1, -0.05) is 0 Å². The van der Waals surface area contributed by atoms with Crippen molar-refractivity contribution in [3.63, 3.8) is 0 Å². The molecule has 0 amide bonds. The predicted octanol–water partition coefficient (Wildman–Crippen LogP) is 1.25. The summed E-state index contributed by atoms with van der Waals surface area (Å²) in [6, 6.07) is 3.91. The number of hydrogen-bond acceptors (Lipinski definition) is 5. The van der Waals surface area contributed by atoms with Crippen LogP contribution in [0.25, 0.3) is 0 Å². The van der Waals surface area contributed by atoms with Crippen LogP contribution in [0.3, 0.4) is 0 Å². The number of hydrogen-bond donors (Lipinski definition) is 1. The van der Waals surface area contributed by atoms with Crippen molar-refractivity contribution in [1.82, 2.24) is 0 Å². The van der Waals surface area contributed by atoms with Crippen molar-refractivity contribution < 1.29 is 19.4 Å². The molecule has 5 heteroatoms. The molecule has 0 radical (unpaired) electrons. The highest BCUT2D eigenvalue weighted by atomic mass is 16.5. The second-order valence-electron chi connectivity index (χ2n) is 2.91. The number of aromatic hydroxyl groups is 1. The number of nitriles is 1. The minimum absolute atomic E-state index is 0.0211. The highest BCUT2D eigenvalue weighted by Gasteiger charge is 2.15. The molecule has 0 aliphatic rings. The topological polar surface area (TPSA) is 87.4 Å².